The third-order valence-corrected chi connectivity index (χ3v) is 4.75. The number of hydrogen-bond donors (Lipinski definition) is 1. The highest BCUT2D eigenvalue weighted by atomic mass is 16.5. The van der Waals surface area contributed by atoms with Crippen molar-refractivity contribution in [3.8, 4) is 5.75 Å². The maximum absolute atomic E-state index is 12.2. The minimum Gasteiger partial charge on any atom is -0.473 e. The fraction of sp³-hybridized carbons (Fsp3) is 0.381. The van der Waals surface area contributed by atoms with Crippen molar-refractivity contribution in [3.63, 3.8) is 0 Å². The zero-order valence-electron chi connectivity index (χ0n) is 14.8. The molecule has 25 heavy (non-hydrogen) atoms. The summed E-state index contributed by atoms with van der Waals surface area (Å²) in [5, 5.41) is 2.84. The standard InChI is InChI=1S/C21H26N2O2/c1-17-7-9-20(10-8-17)25-16-22-21(24)23-13-11-19(12-14-23)15-18-5-3-2-4-6-18/h2-10,19H,11-16H2,1H3,(H,22,24). The van der Waals surface area contributed by atoms with Gasteiger partial charge in [-0.3, -0.25) is 0 Å². The molecule has 0 bridgehead atoms. The maximum atomic E-state index is 12.2. The Morgan fingerprint density at radius 2 is 1.76 bits per heavy atom. The van der Waals surface area contributed by atoms with Gasteiger partial charge in [0.25, 0.3) is 0 Å². The fourth-order valence-electron chi connectivity index (χ4n) is 3.22. The van der Waals surface area contributed by atoms with Crippen LogP contribution in [-0.2, 0) is 6.42 Å². The van der Waals surface area contributed by atoms with E-state index in [2.05, 4.69) is 35.6 Å². The SMILES string of the molecule is Cc1ccc(OCNC(=O)N2CCC(Cc3ccccc3)CC2)cc1. The summed E-state index contributed by atoms with van der Waals surface area (Å²) in [6.07, 6.45) is 3.22. The van der Waals surface area contributed by atoms with Gasteiger partial charge in [-0.05, 0) is 49.8 Å². The average molecular weight is 338 g/mol. The predicted octanol–water partition coefficient (Wildman–Crippen LogP) is 4.00. The highest BCUT2D eigenvalue weighted by Gasteiger charge is 2.22. The number of benzene rings is 2. The van der Waals surface area contributed by atoms with Crippen molar-refractivity contribution in [1.29, 1.82) is 0 Å². The Morgan fingerprint density at radius 1 is 1.08 bits per heavy atom. The van der Waals surface area contributed by atoms with Gasteiger partial charge in [-0.2, -0.15) is 0 Å². The molecule has 3 rings (SSSR count). The Hall–Kier alpha value is -2.49. The van der Waals surface area contributed by atoms with E-state index in [0.717, 1.165) is 38.1 Å². The van der Waals surface area contributed by atoms with Crippen LogP contribution in [0.15, 0.2) is 54.6 Å². The first-order valence-corrected chi connectivity index (χ1v) is 8.97. The van der Waals surface area contributed by atoms with Crippen molar-refractivity contribution in [2.75, 3.05) is 19.8 Å². The van der Waals surface area contributed by atoms with Crippen LogP contribution in [0.4, 0.5) is 4.79 Å². The van der Waals surface area contributed by atoms with Gasteiger partial charge in [-0.1, -0.05) is 48.0 Å². The first kappa shape index (κ1) is 17.3. The van der Waals surface area contributed by atoms with Crippen molar-refractivity contribution in [2.45, 2.75) is 26.2 Å². The van der Waals surface area contributed by atoms with Crippen LogP contribution in [-0.4, -0.2) is 30.8 Å². The van der Waals surface area contributed by atoms with Crippen LogP contribution in [0.3, 0.4) is 0 Å². The Bertz CT molecular complexity index is 662. The van der Waals surface area contributed by atoms with Crippen molar-refractivity contribution in [1.82, 2.24) is 10.2 Å². The number of rotatable bonds is 5. The molecule has 1 saturated heterocycles. The van der Waals surface area contributed by atoms with Gasteiger partial charge < -0.3 is 15.0 Å². The molecule has 1 aliphatic rings. The second kappa shape index (κ2) is 8.56. The summed E-state index contributed by atoms with van der Waals surface area (Å²) in [6.45, 7) is 3.86. The van der Waals surface area contributed by atoms with E-state index in [-0.39, 0.29) is 12.8 Å². The van der Waals surface area contributed by atoms with Crippen LogP contribution < -0.4 is 10.1 Å². The lowest BCUT2D eigenvalue weighted by Gasteiger charge is -2.32. The summed E-state index contributed by atoms with van der Waals surface area (Å²) in [6, 6.07) is 18.4. The Morgan fingerprint density at radius 3 is 2.44 bits per heavy atom. The molecule has 2 aromatic rings. The number of amides is 2. The number of nitrogens with one attached hydrogen (secondary N) is 1. The summed E-state index contributed by atoms with van der Waals surface area (Å²) in [4.78, 5) is 14.1. The number of aryl methyl sites for hydroxylation is 1. The average Bonchev–Trinajstić information content (AvgIpc) is 2.65. The van der Waals surface area contributed by atoms with E-state index in [1.807, 2.05) is 36.1 Å². The summed E-state index contributed by atoms with van der Waals surface area (Å²) in [5.41, 5.74) is 2.58. The van der Waals surface area contributed by atoms with Crippen molar-refractivity contribution in [3.05, 3.63) is 65.7 Å². The maximum Gasteiger partial charge on any atom is 0.320 e. The molecule has 0 atom stereocenters. The number of ether oxygens (including phenoxy) is 1. The van der Waals surface area contributed by atoms with E-state index in [4.69, 9.17) is 4.74 Å². The first-order chi connectivity index (χ1) is 12.2. The number of urea groups is 1. The molecule has 1 fully saturated rings. The van der Waals surface area contributed by atoms with Gasteiger partial charge >= 0.3 is 6.03 Å². The highest BCUT2D eigenvalue weighted by Crippen LogP contribution is 2.21. The number of carbonyl (C=O) groups is 1. The summed E-state index contributed by atoms with van der Waals surface area (Å²) in [5.74, 6) is 1.43. The minimum atomic E-state index is -0.0368. The van der Waals surface area contributed by atoms with Crippen LogP contribution in [0.2, 0.25) is 0 Å². The molecule has 0 saturated carbocycles. The molecule has 1 aliphatic heterocycles. The van der Waals surface area contributed by atoms with Crippen LogP contribution in [0.5, 0.6) is 5.75 Å². The molecular weight excluding hydrogens is 312 g/mol. The van der Waals surface area contributed by atoms with Gasteiger partial charge in [-0.25, -0.2) is 4.79 Å². The van der Waals surface area contributed by atoms with E-state index in [9.17, 15) is 4.79 Å². The zero-order valence-corrected chi connectivity index (χ0v) is 14.8. The lowest BCUT2D eigenvalue weighted by atomic mass is 9.90. The normalized spacial score (nSPS) is 15.0. The van der Waals surface area contributed by atoms with Gasteiger partial charge in [0, 0.05) is 13.1 Å². The number of nitrogens with zero attached hydrogens (tertiary/aromatic N) is 1. The number of carbonyl (C=O) groups excluding carboxylic acids is 1. The van der Waals surface area contributed by atoms with Gasteiger partial charge in [0.1, 0.15) is 5.75 Å². The third-order valence-electron chi connectivity index (χ3n) is 4.75. The second-order valence-corrected chi connectivity index (χ2v) is 6.70. The number of likely N-dealkylation sites (tertiary alicyclic amines) is 1. The quantitative estimate of drug-likeness (QED) is 0.838. The molecule has 0 unspecified atom stereocenters. The fourth-order valence-corrected chi connectivity index (χ4v) is 3.22. The summed E-state index contributed by atoms with van der Waals surface area (Å²) in [7, 11) is 0. The molecule has 4 nitrogen and oxygen atoms in total. The Balaban J connectivity index is 1.37. The molecule has 0 spiro atoms. The van der Waals surface area contributed by atoms with E-state index >= 15 is 0 Å². The Kier molecular flexibility index (Phi) is 5.94. The summed E-state index contributed by atoms with van der Waals surface area (Å²) >= 11 is 0. The molecule has 0 radical (unpaired) electrons. The van der Waals surface area contributed by atoms with E-state index in [1.165, 1.54) is 11.1 Å². The zero-order chi connectivity index (χ0) is 17.5. The first-order valence-electron chi connectivity index (χ1n) is 8.97. The minimum absolute atomic E-state index is 0.0368. The molecule has 132 valence electrons. The van der Waals surface area contributed by atoms with Crippen LogP contribution >= 0.6 is 0 Å². The van der Waals surface area contributed by atoms with Gasteiger partial charge in [-0.15, -0.1) is 0 Å². The largest absolute Gasteiger partial charge is 0.473 e. The molecule has 1 heterocycles. The van der Waals surface area contributed by atoms with Gasteiger partial charge in [0.2, 0.25) is 0 Å². The molecule has 2 aromatic carbocycles. The van der Waals surface area contributed by atoms with Crippen LogP contribution in [0, 0.1) is 12.8 Å². The molecule has 0 aromatic heterocycles. The molecule has 0 aliphatic carbocycles. The topological polar surface area (TPSA) is 41.6 Å². The molecule has 4 heteroatoms. The van der Waals surface area contributed by atoms with Gasteiger partial charge in [0.05, 0.1) is 0 Å². The highest BCUT2D eigenvalue weighted by molar-refractivity contribution is 5.74. The predicted molar refractivity (Wildman–Crippen MR) is 99.6 cm³/mol. The third kappa shape index (κ3) is 5.24. The lowest BCUT2D eigenvalue weighted by Crippen LogP contribution is -2.45. The van der Waals surface area contributed by atoms with Crippen LogP contribution in [0.25, 0.3) is 0 Å². The summed E-state index contributed by atoms with van der Waals surface area (Å²) < 4.78 is 5.56. The van der Waals surface area contributed by atoms with Crippen molar-refractivity contribution in [2.24, 2.45) is 5.92 Å². The monoisotopic (exact) mass is 338 g/mol. The number of hydrogen-bond acceptors (Lipinski definition) is 2. The number of piperidine rings is 1. The molecule has 1 N–H and O–H groups in total. The van der Waals surface area contributed by atoms with Crippen LogP contribution in [0.1, 0.15) is 24.0 Å². The van der Waals surface area contributed by atoms with Crippen molar-refractivity contribution < 1.29 is 9.53 Å². The lowest BCUT2D eigenvalue weighted by molar-refractivity contribution is 0.161. The smallest absolute Gasteiger partial charge is 0.320 e. The molecule has 2 amide bonds. The van der Waals surface area contributed by atoms with E-state index < -0.39 is 0 Å². The van der Waals surface area contributed by atoms with E-state index in [1.54, 1.807) is 0 Å². The second-order valence-electron chi connectivity index (χ2n) is 6.70. The van der Waals surface area contributed by atoms with Crippen molar-refractivity contribution >= 4 is 6.03 Å². The van der Waals surface area contributed by atoms with E-state index in [0.29, 0.717) is 5.92 Å². The Labute approximate surface area is 149 Å². The van der Waals surface area contributed by atoms with Gasteiger partial charge in [0.15, 0.2) is 6.73 Å². The molecular formula is C21H26N2O2.